The normalized spacial score (nSPS) is 14.9. The summed E-state index contributed by atoms with van der Waals surface area (Å²) in [6.07, 6.45) is -0.490. The summed E-state index contributed by atoms with van der Waals surface area (Å²) < 4.78 is 52.5. The van der Waals surface area contributed by atoms with Crippen molar-refractivity contribution in [1.82, 2.24) is 19.4 Å². The summed E-state index contributed by atoms with van der Waals surface area (Å²) in [5.74, 6) is 1.55. The fraction of sp³-hybridized carbons (Fsp3) is 0.345. The van der Waals surface area contributed by atoms with Crippen LogP contribution in [-0.2, 0) is 29.2 Å². The van der Waals surface area contributed by atoms with Gasteiger partial charge in [-0.25, -0.2) is 4.98 Å². The van der Waals surface area contributed by atoms with Gasteiger partial charge in [-0.2, -0.15) is 13.2 Å². The maximum atomic E-state index is 13.1. The van der Waals surface area contributed by atoms with Crippen LogP contribution in [0.3, 0.4) is 0 Å². The standard InChI is InChI=1S/C29H30F3N5O3/c1-36-27-7-6-24(17-26(27)35-28(36)34-20-5-3-4-19(14-20)29(30,31)32)40-25-8-11-33-21(16-25)15-22(38)18-37-12-9-23(39-2)10-13-37/h3-8,11,14,16-17,23H,9-10,12-13,15,18H2,1-2H3,(H,34,35). The Morgan fingerprint density at radius 3 is 2.60 bits per heavy atom. The molecular formula is C29H30F3N5O3. The van der Waals surface area contributed by atoms with Crippen LogP contribution in [0.15, 0.2) is 60.8 Å². The second-order valence-corrected chi connectivity index (χ2v) is 9.86. The van der Waals surface area contributed by atoms with E-state index in [1.54, 1.807) is 55.3 Å². The number of alkyl halides is 3. The Kier molecular flexibility index (Phi) is 8.04. The molecule has 4 aromatic rings. The van der Waals surface area contributed by atoms with Crippen molar-refractivity contribution in [1.29, 1.82) is 0 Å². The molecule has 40 heavy (non-hydrogen) atoms. The summed E-state index contributed by atoms with van der Waals surface area (Å²) in [5, 5.41) is 2.96. The summed E-state index contributed by atoms with van der Waals surface area (Å²) in [6, 6.07) is 13.8. The van der Waals surface area contributed by atoms with Crippen molar-refractivity contribution in [3.63, 3.8) is 0 Å². The minimum Gasteiger partial charge on any atom is -0.457 e. The van der Waals surface area contributed by atoms with Crippen LogP contribution in [-0.4, -0.2) is 58.1 Å². The third-order valence-corrected chi connectivity index (χ3v) is 6.97. The van der Waals surface area contributed by atoms with Crippen LogP contribution in [0.5, 0.6) is 11.5 Å². The highest BCUT2D eigenvalue weighted by atomic mass is 19.4. The fourth-order valence-corrected chi connectivity index (χ4v) is 4.82. The molecule has 11 heteroatoms. The molecule has 0 saturated carbocycles. The van der Waals surface area contributed by atoms with Gasteiger partial charge in [0.05, 0.1) is 41.4 Å². The van der Waals surface area contributed by atoms with E-state index < -0.39 is 11.7 Å². The topological polar surface area (TPSA) is 81.5 Å². The molecule has 0 aliphatic carbocycles. The van der Waals surface area contributed by atoms with Crippen molar-refractivity contribution in [3.05, 3.63) is 72.1 Å². The van der Waals surface area contributed by atoms with Gasteiger partial charge in [0.25, 0.3) is 0 Å². The Bertz CT molecular complexity index is 1500. The molecule has 0 spiro atoms. The van der Waals surface area contributed by atoms with E-state index in [9.17, 15) is 18.0 Å². The zero-order valence-corrected chi connectivity index (χ0v) is 22.2. The molecule has 8 nitrogen and oxygen atoms in total. The van der Waals surface area contributed by atoms with Crippen molar-refractivity contribution in [3.8, 4) is 11.5 Å². The molecule has 3 heterocycles. The highest BCUT2D eigenvalue weighted by Gasteiger charge is 2.30. The lowest BCUT2D eigenvalue weighted by atomic mass is 10.1. The number of nitrogens with zero attached hydrogens (tertiary/aromatic N) is 4. The number of hydrogen-bond acceptors (Lipinski definition) is 7. The average Bonchev–Trinajstić information content (AvgIpc) is 3.23. The first-order valence-corrected chi connectivity index (χ1v) is 13.0. The van der Waals surface area contributed by atoms with E-state index in [1.165, 1.54) is 6.07 Å². The summed E-state index contributed by atoms with van der Waals surface area (Å²) in [6.45, 7) is 2.07. The number of nitrogens with one attached hydrogen (secondary N) is 1. The molecule has 5 rings (SSSR count). The molecule has 1 saturated heterocycles. The Morgan fingerprint density at radius 1 is 1.07 bits per heavy atom. The third-order valence-electron chi connectivity index (χ3n) is 6.97. The van der Waals surface area contributed by atoms with Crippen LogP contribution in [0.4, 0.5) is 24.8 Å². The minimum absolute atomic E-state index is 0.0937. The summed E-state index contributed by atoms with van der Waals surface area (Å²) in [5.41, 5.74) is 1.55. The first-order chi connectivity index (χ1) is 19.2. The second-order valence-electron chi connectivity index (χ2n) is 9.86. The Morgan fingerprint density at radius 2 is 1.85 bits per heavy atom. The number of aromatic nitrogens is 3. The number of benzene rings is 2. The van der Waals surface area contributed by atoms with Crippen LogP contribution in [0, 0.1) is 0 Å². The van der Waals surface area contributed by atoms with E-state index in [0.29, 0.717) is 35.2 Å². The molecule has 210 valence electrons. The molecule has 1 fully saturated rings. The first kappa shape index (κ1) is 27.6. The van der Waals surface area contributed by atoms with Gasteiger partial charge < -0.3 is 19.4 Å². The largest absolute Gasteiger partial charge is 0.457 e. The van der Waals surface area contributed by atoms with Gasteiger partial charge in [0.15, 0.2) is 5.78 Å². The molecule has 1 aliphatic heterocycles. The molecule has 0 atom stereocenters. The van der Waals surface area contributed by atoms with Gasteiger partial charge in [0.1, 0.15) is 11.5 Å². The van der Waals surface area contributed by atoms with Gasteiger partial charge >= 0.3 is 6.18 Å². The van der Waals surface area contributed by atoms with Crippen LogP contribution in [0.2, 0.25) is 0 Å². The summed E-state index contributed by atoms with van der Waals surface area (Å²) in [7, 11) is 3.50. The van der Waals surface area contributed by atoms with Crippen molar-refractivity contribution in [2.24, 2.45) is 7.05 Å². The molecule has 1 aliphatic rings. The number of halogens is 3. The Labute approximate surface area is 229 Å². The number of pyridine rings is 1. The van der Waals surface area contributed by atoms with Gasteiger partial charge in [-0.3, -0.25) is 14.7 Å². The molecule has 0 amide bonds. The number of imidazole rings is 1. The number of aryl methyl sites for hydroxylation is 1. The van der Waals surface area contributed by atoms with Crippen LogP contribution in [0.25, 0.3) is 11.0 Å². The molecule has 0 unspecified atom stereocenters. The molecule has 2 aromatic carbocycles. The predicted molar refractivity (Wildman–Crippen MR) is 145 cm³/mol. The number of methoxy groups -OCH3 is 1. The SMILES string of the molecule is COC1CCN(CC(=O)Cc2cc(Oc3ccc4c(c3)nc(Nc3cccc(C(F)(F)F)c3)n4C)ccn2)CC1. The molecular weight excluding hydrogens is 523 g/mol. The molecule has 1 N–H and O–H groups in total. The number of carbonyl (C=O) groups is 1. The quantitative estimate of drug-likeness (QED) is 0.283. The second kappa shape index (κ2) is 11.6. The lowest BCUT2D eigenvalue weighted by molar-refractivity contribution is -0.137. The highest BCUT2D eigenvalue weighted by Crippen LogP contribution is 2.32. The summed E-state index contributed by atoms with van der Waals surface area (Å²) in [4.78, 5) is 23.7. The van der Waals surface area contributed by atoms with Crippen molar-refractivity contribution >= 4 is 28.5 Å². The molecule has 2 aromatic heterocycles. The third kappa shape index (κ3) is 6.60. The number of carbonyl (C=O) groups excluding carboxylic acids is 1. The first-order valence-electron chi connectivity index (χ1n) is 13.0. The van der Waals surface area contributed by atoms with Crippen molar-refractivity contribution < 1.29 is 27.4 Å². The number of likely N-dealkylation sites (tertiary alicyclic amines) is 1. The van der Waals surface area contributed by atoms with E-state index in [-0.39, 0.29) is 24.0 Å². The number of ether oxygens (including phenoxy) is 2. The van der Waals surface area contributed by atoms with E-state index in [0.717, 1.165) is 43.6 Å². The van der Waals surface area contributed by atoms with E-state index in [4.69, 9.17) is 9.47 Å². The predicted octanol–water partition coefficient (Wildman–Crippen LogP) is 5.75. The van der Waals surface area contributed by atoms with Gasteiger partial charge in [0.2, 0.25) is 5.95 Å². The van der Waals surface area contributed by atoms with Crippen molar-refractivity contribution in [2.45, 2.75) is 31.5 Å². The molecule has 0 radical (unpaired) electrons. The van der Waals surface area contributed by atoms with E-state index in [1.807, 2.05) is 6.07 Å². The van der Waals surface area contributed by atoms with Crippen LogP contribution < -0.4 is 10.1 Å². The lowest BCUT2D eigenvalue weighted by Crippen LogP contribution is -2.39. The van der Waals surface area contributed by atoms with Crippen molar-refractivity contribution in [2.75, 3.05) is 32.1 Å². The summed E-state index contributed by atoms with van der Waals surface area (Å²) >= 11 is 0. The Balaban J connectivity index is 1.24. The number of anilines is 2. The highest BCUT2D eigenvalue weighted by molar-refractivity contribution is 5.83. The number of rotatable bonds is 9. The monoisotopic (exact) mass is 553 g/mol. The van der Waals surface area contributed by atoms with Gasteiger partial charge in [0, 0.05) is 51.3 Å². The number of piperidine rings is 1. The Hall–Kier alpha value is -3.96. The maximum absolute atomic E-state index is 13.1. The number of fused-ring (bicyclic) bond motifs is 1. The molecule has 0 bridgehead atoms. The average molecular weight is 554 g/mol. The number of Topliss-reactive ketones (excluding diaryl/α,β-unsaturated/α-hetero) is 1. The zero-order chi connectivity index (χ0) is 28.3. The van der Waals surface area contributed by atoms with Gasteiger partial charge in [-0.05, 0) is 49.2 Å². The lowest BCUT2D eigenvalue weighted by Gasteiger charge is -2.30. The van der Waals surface area contributed by atoms with Gasteiger partial charge in [-0.1, -0.05) is 6.07 Å². The maximum Gasteiger partial charge on any atom is 0.416 e. The zero-order valence-electron chi connectivity index (χ0n) is 22.2. The van der Waals surface area contributed by atoms with Crippen LogP contribution in [0.1, 0.15) is 24.1 Å². The van der Waals surface area contributed by atoms with Crippen LogP contribution >= 0.6 is 0 Å². The fourth-order valence-electron chi connectivity index (χ4n) is 4.82. The van der Waals surface area contributed by atoms with Gasteiger partial charge in [-0.15, -0.1) is 0 Å². The smallest absolute Gasteiger partial charge is 0.416 e. The number of ketones is 1. The van der Waals surface area contributed by atoms with E-state index in [2.05, 4.69) is 20.2 Å². The van der Waals surface area contributed by atoms with E-state index >= 15 is 0 Å². The number of hydrogen-bond donors (Lipinski definition) is 1. The minimum atomic E-state index is -4.43.